The lowest BCUT2D eigenvalue weighted by molar-refractivity contribution is 0.205. The smallest absolute Gasteiger partial charge is 0.151 e. The van der Waals surface area contributed by atoms with Crippen molar-refractivity contribution in [3.63, 3.8) is 0 Å². The number of nitrogens with zero attached hydrogens (tertiary/aromatic N) is 6. The summed E-state index contributed by atoms with van der Waals surface area (Å²) >= 11 is 0. The Kier molecular flexibility index (Phi) is 5.12. The second-order valence-electron chi connectivity index (χ2n) is 8.22. The normalized spacial score (nSPS) is 16.7. The van der Waals surface area contributed by atoms with Gasteiger partial charge in [-0.1, -0.05) is 6.07 Å². The van der Waals surface area contributed by atoms with Gasteiger partial charge < -0.3 is 9.64 Å². The molecule has 0 aliphatic carbocycles. The van der Waals surface area contributed by atoms with Crippen LogP contribution in [0.25, 0.3) is 11.3 Å². The average Bonchev–Trinajstić information content (AvgIpc) is 3.43. The third kappa shape index (κ3) is 3.77. The van der Waals surface area contributed by atoms with Crippen molar-refractivity contribution in [2.75, 3.05) is 31.6 Å². The van der Waals surface area contributed by atoms with Crippen LogP contribution in [0.5, 0.6) is 5.75 Å². The monoisotopic (exact) mass is 404 g/mol. The predicted molar refractivity (Wildman–Crippen MR) is 117 cm³/mol. The fraction of sp³-hybridized carbons (Fsp3) is 0.435. The molecule has 2 aliphatic rings. The molecule has 0 atom stereocenters. The summed E-state index contributed by atoms with van der Waals surface area (Å²) in [7, 11) is 1.71. The SMILES string of the molecule is COc1ccc(CN2CCn3nc(C)cc3C2)cc1-c1ccc(N2CCCC2)nn1. The van der Waals surface area contributed by atoms with Crippen LogP contribution in [-0.4, -0.2) is 51.6 Å². The van der Waals surface area contributed by atoms with Gasteiger partial charge in [-0.25, -0.2) is 0 Å². The molecule has 7 nitrogen and oxygen atoms in total. The molecule has 30 heavy (non-hydrogen) atoms. The number of aryl methyl sites for hydroxylation is 1. The molecule has 0 radical (unpaired) electrons. The quantitative estimate of drug-likeness (QED) is 0.651. The Morgan fingerprint density at radius 1 is 0.967 bits per heavy atom. The number of ether oxygens (including phenoxy) is 1. The van der Waals surface area contributed by atoms with Crippen molar-refractivity contribution >= 4 is 5.82 Å². The van der Waals surface area contributed by atoms with Gasteiger partial charge in [0.2, 0.25) is 0 Å². The van der Waals surface area contributed by atoms with Gasteiger partial charge in [0.15, 0.2) is 5.82 Å². The summed E-state index contributed by atoms with van der Waals surface area (Å²) in [6, 6.07) is 12.7. The van der Waals surface area contributed by atoms with E-state index in [0.717, 1.165) is 67.8 Å². The average molecular weight is 405 g/mol. The second kappa shape index (κ2) is 8.07. The standard InChI is InChI=1S/C23H28N6O/c1-17-13-19-16-27(11-12-29(19)26-17)15-18-5-7-22(30-2)20(14-18)21-6-8-23(25-24-21)28-9-3-4-10-28/h5-8,13-14H,3-4,9-12,15-16H2,1-2H3. The lowest BCUT2D eigenvalue weighted by Gasteiger charge is -2.27. The number of rotatable bonds is 5. The molecular weight excluding hydrogens is 376 g/mol. The van der Waals surface area contributed by atoms with Crippen LogP contribution in [0.4, 0.5) is 5.82 Å². The molecule has 1 fully saturated rings. The second-order valence-corrected chi connectivity index (χ2v) is 8.22. The molecule has 0 unspecified atom stereocenters. The molecule has 4 heterocycles. The van der Waals surface area contributed by atoms with E-state index in [9.17, 15) is 0 Å². The van der Waals surface area contributed by atoms with Gasteiger partial charge in [0.25, 0.3) is 0 Å². The van der Waals surface area contributed by atoms with Crippen molar-refractivity contribution in [1.82, 2.24) is 24.9 Å². The van der Waals surface area contributed by atoms with Gasteiger partial charge in [-0.2, -0.15) is 5.10 Å². The van der Waals surface area contributed by atoms with Crippen LogP contribution in [0.2, 0.25) is 0 Å². The van der Waals surface area contributed by atoms with E-state index in [0.29, 0.717) is 0 Å². The molecule has 5 rings (SSSR count). The summed E-state index contributed by atoms with van der Waals surface area (Å²) in [5.74, 6) is 1.79. The van der Waals surface area contributed by atoms with Crippen LogP contribution in [0, 0.1) is 6.92 Å². The third-order valence-corrected chi connectivity index (χ3v) is 6.03. The van der Waals surface area contributed by atoms with Gasteiger partial charge in [-0.15, -0.1) is 10.2 Å². The fourth-order valence-corrected chi connectivity index (χ4v) is 4.49. The van der Waals surface area contributed by atoms with Crippen molar-refractivity contribution in [3.8, 4) is 17.0 Å². The van der Waals surface area contributed by atoms with Gasteiger partial charge in [-0.05, 0) is 55.7 Å². The van der Waals surface area contributed by atoms with Gasteiger partial charge in [0, 0.05) is 38.3 Å². The zero-order valence-electron chi connectivity index (χ0n) is 17.7. The molecule has 0 bridgehead atoms. The number of hydrogen-bond acceptors (Lipinski definition) is 6. The van der Waals surface area contributed by atoms with Crippen LogP contribution in [0.1, 0.15) is 29.8 Å². The highest BCUT2D eigenvalue weighted by Gasteiger charge is 2.19. The van der Waals surface area contributed by atoms with Crippen molar-refractivity contribution in [1.29, 1.82) is 0 Å². The zero-order chi connectivity index (χ0) is 20.5. The first-order valence-corrected chi connectivity index (χ1v) is 10.7. The highest BCUT2D eigenvalue weighted by molar-refractivity contribution is 5.68. The number of hydrogen-bond donors (Lipinski definition) is 0. The van der Waals surface area contributed by atoms with E-state index < -0.39 is 0 Å². The number of benzene rings is 1. The minimum Gasteiger partial charge on any atom is -0.496 e. The summed E-state index contributed by atoms with van der Waals surface area (Å²) in [5, 5.41) is 13.6. The number of aromatic nitrogens is 4. The van der Waals surface area contributed by atoms with E-state index >= 15 is 0 Å². The number of fused-ring (bicyclic) bond motifs is 1. The molecule has 2 aromatic heterocycles. The lowest BCUT2D eigenvalue weighted by atomic mass is 10.1. The maximum atomic E-state index is 5.62. The topological polar surface area (TPSA) is 59.3 Å². The lowest BCUT2D eigenvalue weighted by Crippen LogP contribution is -2.33. The Morgan fingerprint density at radius 2 is 1.83 bits per heavy atom. The highest BCUT2D eigenvalue weighted by Crippen LogP contribution is 2.31. The van der Waals surface area contributed by atoms with E-state index in [1.54, 1.807) is 7.11 Å². The summed E-state index contributed by atoms with van der Waals surface area (Å²) in [4.78, 5) is 4.76. The molecule has 2 aliphatic heterocycles. The van der Waals surface area contributed by atoms with Crippen LogP contribution in [-0.2, 0) is 19.6 Å². The maximum absolute atomic E-state index is 5.62. The molecule has 1 saturated heterocycles. The van der Waals surface area contributed by atoms with Crippen molar-refractivity contribution < 1.29 is 4.74 Å². The molecule has 0 saturated carbocycles. The molecule has 7 heteroatoms. The Bertz CT molecular complexity index is 1020. The summed E-state index contributed by atoms with van der Waals surface area (Å²) in [6.45, 7) is 7.95. The van der Waals surface area contributed by atoms with Crippen LogP contribution in [0.3, 0.4) is 0 Å². The molecule has 156 valence electrons. The van der Waals surface area contributed by atoms with Crippen molar-refractivity contribution in [2.24, 2.45) is 0 Å². The van der Waals surface area contributed by atoms with Gasteiger partial charge >= 0.3 is 0 Å². The predicted octanol–water partition coefficient (Wildman–Crippen LogP) is 3.27. The molecule has 0 amide bonds. The summed E-state index contributed by atoms with van der Waals surface area (Å²) < 4.78 is 7.75. The van der Waals surface area contributed by atoms with Crippen molar-refractivity contribution in [2.45, 2.75) is 39.4 Å². The Balaban J connectivity index is 1.36. The first-order valence-electron chi connectivity index (χ1n) is 10.7. The minimum absolute atomic E-state index is 0.828. The van der Waals surface area contributed by atoms with Gasteiger partial charge in [-0.3, -0.25) is 9.58 Å². The van der Waals surface area contributed by atoms with E-state index in [-0.39, 0.29) is 0 Å². The summed E-state index contributed by atoms with van der Waals surface area (Å²) in [5.41, 5.74) is 5.48. The first kappa shape index (κ1) is 19.1. The molecular formula is C23H28N6O. The first-order chi connectivity index (χ1) is 14.7. The maximum Gasteiger partial charge on any atom is 0.151 e. The van der Waals surface area contributed by atoms with Crippen LogP contribution >= 0.6 is 0 Å². The Morgan fingerprint density at radius 3 is 2.60 bits per heavy atom. The summed E-state index contributed by atoms with van der Waals surface area (Å²) in [6.07, 6.45) is 2.46. The van der Waals surface area contributed by atoms with Gasteiger partial charge in [0.1, 0.15) is 5.75 Å². The van der Waals surface area contributed by atoms with Gasteiger partial charge in [0.05, 0.1) is 30.7 Å². The van der Waals surface area contributed by atoms with E-state index in [4.69, 9.17) is 4.74 Å². The van der Waals surface area contributed by atoms with Crippen molar-refractivity contribution in [3.05, 3.63) is 53.3 Å². The highest BCUT2D eigenvalue weighted by atomic mass is 16.5. The Hall–Kier alpha value is -2.93. The zero-order valence-corrected chi connectivity index (χ0v) is 17.7. The Labute approximate surface area is 177 Å². The minimum atomic E-state index is 0.828. The largest absolute Gasteiger partial charge is 0.496 e. The molecule has 1 aromatic carbocycles. The third-order valence-electron chi connectivity index (χ3n) is 6.03. The molecule has 0 spiro atoms. The van der Waals surface area contributed by atoms with E-state index in [2.05, 4.69) is 67.0 Å². The van der Waals surface area contributed by atoms with E-state index in [1.165, 1.54) is 24.1 Å². The van der Waals surface area contributed by atoms with Crippen LogP contribution < -0.4 is 9.64 Å². The fourth-order valence-electron chi connectivity index (χ4n) is 4.49. The van der Waals surface area contributed by atoms with E-state index in [1.807, 2.05) is 6.07 Å². The van der Waals surface area contributed by atoms with Crippen LogP contribution in [0.15, 0.2) is 36.4 Å². The number of methoxy groups -OCH3 is 1. The number of anilines is 1. The molecule has 0 N–H and O–H groups in total. The molecule has 3 aromatic rings.